The first kappa shape index (κ1) is 16.8. The van der Waals surface area contributed by atoms with Crippen LogP contribution in [0.3, 0.4) is 0 Å². The van der Waals surface area contributed by atoms with E-state index in [4.69, 9.17) is 0 Å². The third kappa shape index (κ3) is 3.79. The van der Waals surface area contributed by atoms with E-state index in [-0.39, 0.29) is 0 Å². The average Bonchev–Trinajstić information content (AvgIpc) is 2.72. The van der Waals surface area contributed by atoms with E-state index in [2.05, 4.69) is 20.8 Å². The summed E-state index contributed by atoms with van der Waals surface area (Å²) in [6.45, 7) is 1.04. The van der Waals surface area contributed by atoms with Gasteiger partial charge in [0.15, 0.2) is 0 Å². The number of alkyl halides is 1. The Morgan fingerprint density at radius 1 is 1.19 bits per heavy atom. The molecule has 6 heteroatoms. The standard InChI is InChI=1S/C15H23BrN2O2S/c1-17(2)21(19,20)15-9-7-13(8-10-15)18-11-5-3-4-6-14(18)12-16/h7-10,14H,3-6,11-12H2,1-2H3. The second-order valence-electron chi connectivity index (χ2n) is 5.63. The molecule has 0 amide bonds. The van der Waals surface area contributed by atoms with E-state index >= 15 is 0 Å². The van der Waals surface area contributed by atoms with Crippen molar-refractivity contribution in [3.8, 4) is 0 Å². The molecule has 1 saturated heterocycles. The lowest BCUT2D eigenvalue weighted by Crippen LogP contribution is -2.36. The zero-order valence-corrected chi connectivity index (χ0v) is 15.0. The Morgan fingerprint density at radius 3 is 2.43 bits per heavy atom. The molecule has 0 spiro atoms. The van der Waals surface area contributed by atoms with Gasteiger partial charge in [-0.2, -0.15) is 0 Å². The summed E-state index contributed by atoms with van der Waals surface area (Å²) < 4.78 is 25.4. The van der Waals surface area contributed by atoms with Crippen LogP contribution < -0.4 is 4.90 Å². The fourth-order valence-corrected chi connectivity index (χ4v) is 4.27. The number of halogens is 1. The highest BCUT2D eigenvalue weighted by atomic mass is 79.9. The van der Waals surface area contributed by atoms with E-state index in [1.165, 1.54) is 30.0 Å². The molecule has 0 N–H and O–H groups in total. The van der Waals surface area contributed by atoms with Gasteiger partial charge >= 0.3 is 0 Å². The Bertz CT molecular complexity index is 558. The van der Waals surface area contributed by atoms with Crippen LogP contribution in [0.2, 0.25) is 0 Å². The van der Waals surface area contributed by atoms with Crippen LogP contribution in [-0.2, 0) is 10.0 Å². The topological polar surface area (TPSA) is 40.6 Å². The molecule has 0 aliphatic carbocycles. The van der Waals surface area contributed by atoms with E-state index in [0.29, 0.717) is 10.9 Å². The lowest BCUT2D eigenvalue weighted by Gasteiger charge is -2.31. The highest BCUT2D eigenvalue weighted by Crippen LogP contribution is 2.26. The summed E-state index contributed by atoms with van der Waals surface area (Å²) in [5.74, 6) is 0. The van der Waals surface area contributed by atoms with Gasteiger partial charge in [0, 0.05) is 37.7 Å². The van der Waals surface area contributed by atoms with Crippen molar-refractivity contribution in [2.75, 3.05) is 30.9 Å². The maximum Gasteiger partial charge on any atom is 0.242 e. The predicted molar refractivity (Wildman–Crippen MR) is 90.7 cm³/mol. The van der Waals surface area contributed by atoms with Crippen LogP contribution in [0.15, 0.2) is 29.2 Å². The molecule has 1 heterocycles. The van der Waals surface area contributed by atoms with Gasteiger partial charge in [-0.05, 0) is 37.1 Å². The number of rotatable bonds is 4. The predicted octanol–water partition coefficient (Wildman–Crippen LogP) is 3.08. The van der Waals surface area contributed by atoms with Gasteiger partial charge in [-0.1, -0.05) is 28.8 Å². The van der Waals surface area contributed by atoms with Crippen LogP contribution in [0.1, 0.15) is 25.7 Å². The number of anilines is 1. The van der Waals surface area contributed by atoms with Crippen molar-refractivity contribution in [1.29, 1.82) is 0 Å². The zero-order valence-electron chi connectivity index (χ0n) is 12.6. The van der Waals surface area contributed by atoms with Gasteiger partial charge in [0.25, 0.3) is 0 Å². The van der Waals surface area contributed by atoms with Crippen LogP contribution in [0, 0.1) is 0 Å². The Kier molecular flexibility index (Phi) is 5.68. The van der Waals surface area contributed by atoms with Crippen molar-refractivity contribution in [2.45, 2.75) is 36.6 Å². The molecule has 1 aromatic rings. The molecule has 2 rings (SSSR count). The molecule has 1 aliphatic heterocycles. The highest BCUT2D eigenvalue weighted by molar-refractivity contribution is 9.09. The fourth-order valence-electron chi connectivity index (χ4n) is 2.70. The van der Waals surface area contributed by atoms with Gasteiger partial charge in [-0.15, -0.1) is 0 Å². The van der Waals surface area contributed by atoms with Gasteiger partial charge in [0.2, 0.25) is 10.0 Å². The Hall–Kier alpha value is -0.590. The Morgan fingerprint density at radius 2 is 1.86 bits per heavy atom. The van der Waals surface area contributed by atoms with Crippen molar-refractivity contribution >= 4 is 31.6 Å². The number of hydrogen-bond acceptors (Lipinski definition) is 3. The third-order valence-corrected chi connectivity index (χ3v) is 6.58. The van der Waals surface area contributed by atoms with E-state index in [0.717, 1.165) is 17.6 Å². The minimum atomic E-state index is -3.35. The van der Waals surface area contributed by atoms with Gasteiger partial charge in [0.1, 0.15) is 0 Å². The van der Waals surface area contributed by atoms with E-state index < -0.39 is 10.0 Å². The second-order valence-corrected chi connectivity index (χ2v) is 8.43. The number of hydrogen-bond donors (Lipinski definition) is 0. The van der Waals surface area contributed by atoms with Gasteiger partial charge in [0.05, 0.1) is 4.90 Å². The van der Waals surface area contributed by atoms with Crippen molar-refractivity contribution in [2.24, 2.45) is 0 Å². The summed E-state index contributed by atoms with van der Waals surface area (Å²) in [5.41, 5.74) is 1.11. The average molecular weight is 375 g/mol. The first-order chi connectivity index (χ1) is 9.96. The molecule has 21 heavy (non-hydrogen) atoms. The van der Waals surface area contributed by atoms with Gasteiger partial charge in [-0.3, -0.25) is 0 Å². The Labute approximate surface area is 136 Å². The normalized spacial score (nSPS) is 20.6. The summed E-state index contributed by atoms with van der Waals surface area (Å²) in [6, 6.07) is 7.76. The van der Waals surface area contributed by atoms with Crippen molar-refractivity contribution in [1.82, 2.24) is 4.31 Å². The molecule has 0 bridgehead atoms. The minimum Gasteiger partial charge on any atom is -0.368 e. The zero-order chi connectivity index (χ0) is 15.5. The minimum absolute atomic E-state index is 0.349. The van der Waals surface area contributed by atoms with Crippen LogP contribution in [0.5, 0.6) is 0 Å². The molecule has 1 atom stereocenters. The summed E-state index contributed by atoms with van der Waals surface area (Å²) in [7, 11) is -0.236. The van der Waals surface area contributed by atoms with E-state index in [1.807, 2.05) is 12.1 Å². The summed E-state index contributed by atoms with van der Waals surface area (Å²) in [4.78, 5) is 2.75. The SMILES string of the molecule is CN(C)S(=O)(=O)c1ccc(N2CCCCCC2CBr)cc1. The van der Waals surface area contributed by atoms with Crippen molar-refractivity contribution < 1.29 is 8.42 Å². The monoisotopic (exact) mass is 374 g/mol. The Balaban J connectivity index is 2.25. The number of sulfonamides is 1. The second kappa shape index (κ2) is 7.11. The molecule has 118 valence electrons. The fraction of sp³-hybridized carbons (Fsp3) is 0.600. The molecule has 0 aromatic heterocycles. The molecule has 1 fully saturated rings. The molecule has 0 saturated carbocycles. The summed E-state index contributed by atoms with van der Waals surface area (Å²) in [6.07, 6.45) is 4.91. The maximum absolute atomic E-state index is 12.1. The summed E-state index contributed by atoms with van der Waals surface area (Å²) >= 11 is 3.60. The van der Waals surface area contributed by atoms with Crippen LogP contribution in [-0.4, -0.2) is 44.7 Å². The van der Waals surface area contributed by atoms with Crippen LogP contribution >= 0.6 is 15.9 Å². The highest BCUT2D eigenvalue weighted by Gasteiger charge is 2.22. The molecular formula is C15H23BrN2O2S. The lowest BCUT2D eigenvalue weighted by molar-refractivity contribution is 0.520. The molecule has 0 radical (unpaired) electrons. The third-order valence-electron chi connectivity index (χ3n) is 4.00. The first-order valence-corrected chi connectivity index (χ1v) is 9.88. The number of nitrogens with zero attached hydrogens (tertiary/aromatic N) is 2. The van der Waals surface area contributed by atoms with Crippen LogP contribution in [0.4, 0.5) is 5.69 Å². The van der Waals surface area contributed by atoms with Crippen molar-refractivity contribution in [3.63, 3.8) is 0 Å². The lowest BCUT2D eigenvalue weighted by atomic mass is 10.1. The van der Waals surface area contributed by atoms with Crippen LogP contribution in [0.25, 0.3) is 0 Å². The largest absolute Gasteiger partial charge is 0.368 e. The molecule has 1 aromatic carbocycles. The van der Waals surface area contributed by atoms with E-state index in [9.17, 15) is 8.42 Å². The first-order valence-electron chi connectivity index (χ1n) is 7.32. The molecular weight excluding hydrogens is 352 g/mol. The molecule has 4 nitrogen and oxygen atoms in total. The molecule has 1 aliphatic rings. The quantitative estimate of drug-likeness (QED) is 0.760. The smallest absolute Gasteiger partial charge is 0.242 e. The van der Waals surface area contributed by atoms with E-state index in [1.54, 1.807) is 26.2 Å². The maximum atomic E-state index is 12.1. The number of benzene rings is 1. The molecule has 1 unspecified atom stereocenters. The van der Waals surface area contributed by atoms with Gasteiger partial charge < -0.3 is 4.90 Å². The van der Waals surface area contributed by atoms with Gasteiger partial charge in [-0.25, -0.2) is 12.7 Å². The summed E-state index contributed by atoms with van der Waals surface area (Å²) in [5, 5.41) is 0.949. The van der Waals surface area contributed by atoms with Crippen molar-refractivity contribution in [3.05, 3.63) is 24.3 Å².